The maximum absolute atomic E-state index is 12.3. The number of hydrogen-bond donors (Lipinski definition) is 2. The van der Waals surface area contributed by atoms with Crippen molar-refractivity contribution in [2.75, 3.05) is 0 Å². The smallest absolute Gasteiger partial charge is 0.220 e. The zero-order chi connectivity index (χ0) is 16.5. The second-order valence-corrected chi connectivity index (χ2v) is 6.79. The molecule has 3 nitrogen and oxygen atoms in total. The number of benzene rings is 2. The first-order valence-electron chi connectivity index (χ1n) is 8.62. The van der Waals surface area contributed by atoms with Crippen LogP contribution in [0.15, 0.2) is 48.5 Å². The van der Waals surface area contributed by atoms with E-state index in [-0.39, 0.29) is 11.9 Å². The highest BCUT2D eigenvalue weighted by molar-refractivity contribution is 5.85. The molecular formula is C21H22N2O. The third-order valence-electron chi connectivity index (χ3n) is 4.93. The Morgan fingerprint density at radius 1 is 1.12 bits per heavy atom. The molecule has 1 atom stereocenters. The summed E-state index contributed by atoms with van der Waals surface area (Å²) in [6.45, 7) is 2.08. The van der Waals surface area contributed by atoms with Crippen LogP contribution in [-0.2, 0) is 24.1 Å². The van der Waals surface area contributed by atoms with Gasteiger partial charge in [0.25, 0.3) is 0 Å². The Hall–Kier alpha value is -2.55. The van der Waals surface area contributed by atoms with Gasteiger partial charge in [-0.05, 0) is 37.0 Å². The standard InChI is InChI=1S/C21H22N2O/c1-14-6-8-15(9-7-14)10-11-21(24)22-16-12-18-17-4-2-3-5-19(17)23-20(18)13-16/h2-9,16,23H,10-13H2,1H3,(H,22,24). The molecule has 0 radical (unpaired) electrons. The number of H-pyrrole nitrogens is 1. The summed E-state index contributed by atoms with van der Waals surface area (Å²) in [5, 5.41) is 4.49. The molecule has 1 aromatic heterocycles. The van der Waals surface area contributed by atoms with Gasteiger partial charge in [-0.15, -0.1) is 0 Å². The zero-order valence-corrected chi connectivity index (χ0v) is 13.9. The second kappa shape index (κ2) is 6.16. The number of rotatable bonds is 4. The number of fused-ring (bicyclic) bond motifs is 3. The van der Waals surface area contributed by atoms with Crippen molar-refractivity contribution in [1.29, 1.82) is 0 Å². The summed E-state index contributed by atoms with van der Waals surface area (Å²) in [4.78, 5) is 15.7. The lowest BCUT2D eigenvalue weighted by atomic mass is 10.1. The first-order valence-corrected chi connectivity index (χ1v) is 8.62. The van der Waals surface area contributed by atoms with Crippen LogP contribution in [0.1, 0.15) is 28.8 Å². The van der Waals surface area contributed by atoms with Crippen molar-refractivity contribution in [3.8, 4) is 0 Å². The molecule has 1 aliphatic carbocycles. The molecular weight excluding hydrogens is 296 g/mol. The fourth-order valence-electron chi connectivity index (χ4n) is 3.64. The zero-order valence-electron chi connectivity index (χ0n) is 13.9. The molecule has 2 aromatic carbocycles. The fourth-order valence-corrected chi connectivity index (χ4v) is 3.64. The van der Waals surface area contributed by atoms with E-state index in [1.54, 1.807) is 0 Å². The quantitative estimate of drug-likeness (QED) is 0.757. The van der Waals surface area contributed by atoms with Crippen molar-refractivity contribution >= 4 is 16.8 Å². The molecule has 0 bridgehead atoms. The van der Waals surface area contributed by atoms with Crippen LogP contribution in [-0.4, -0.2) is 16.9 Å². The average molecular weight is 318 g/mol. The van der Waals surface area contributed by atoms with Gasteiger partial charge in [-0.1, -0.05) is 48.0 Å². The molecule has 3 aromatic rings. The maximum Gasteiger partial charge on any atom is 0.220 e. The molecule has 0 saturated carbocycles. The molecule has 2 N–H and O–H groups in total. The van der Waals surface area contributed by atoms with Gasteiger partial charge in [0.15, 0.2) is 0 Å². The first-order chi connectivity index (χ1) is 11.7. The van der Waals surface area contributed by atoms with Gasteiger partial charge < -0.3 is 10.3 Å². The van der Waals surface area contributed by atoms with Crippen molar-refractivity contribution in [3.05, 3.63) is 70.9 Å². The molecule has 1 aliphatic rings. The van der Waals surface area contributed by atoms with Gasteiger partial charge in [0.1, 0.15) is 0 Å². The second-order valence-electron chi connectivity index (χ2n) is 6.79. The van der Waals surface area contributed by atoms with Gasteiger partial charge >= 0.3 is 0 Å². The molecule has 0 fully saturated rings. The Morgan fingerprint density at radius 3 is 2.75 bits per heavy atom. The summed E-state index contributed by atoms with van der Waals surface area (Å²) in [6.07, 6.45) is 3.18. The molecule has 0 spiro atoms. The monoisotopic (exact) mass is 318 g/mol. The van der Waals surface area contributed by atoms with Crippen molar-refractivity contribution < 1.29 is 4.79 Å². The Labute approximate surface area is 142 Å². The lowest BCUT2D eigenvalue weighted by Crippen LogP contribution is -2.35. The Bertz CT molecular complexity index is 876. The lowest BCUT2D eigenvalue weighted by Gasteiger charge is -2.12. The van der Waals surface area contributed by atoms with Crippen LogP contribution in [0, 0.1) is 6.92 Å². The van der Waals surface area contributed by atoms with E-state index in [4.69, 9.17) is 0 Å². The summed E-state index contributed by atoms with van der Waals surface area (Å²) in [6, 6.07) is 17.0. The minimum absolute atomic E-state index is 0.148. The van der Waals surface area contributed by atoms with Gasteiger partial charge in [0.2, 0.25) is 5.91 Å². The van der Waals surface area contributed by atoms with E-state index >= 15 is 0 Å². The molecule has 4 rings (SSSR count). The van der Waals surface area contributed by atoms with E-state index in [1.165, 1.54) is 33.3 Å². The van der Waals surface area contributed by atoms with Crippen molar-refractivity contribution in [1.82, 2.24) is 10.3 Å². The number of nitrogens with one attached hydrogen (secondary N) is 2. The molecule has 24 heavy (non-hydrogen) atoms. The molecule has 1 heterocycles. The molecule has 122 valence electrons. The maximum atomic E-state index is 12.3. The number of aromatic amines is 1. The van der Waals surface area contributed by atoms with E-state index in [9.17, 15) is 4.79 Å². The SMILES string of the molecule is Cc1ccc(CCC(=O)NC2Cc3[nH]c4ccccc4c3C2)cc1. The van der Waals surface area contributed by atoms with E-state index in [0.717, 1.165) is 19.3 Å². The van der Waals surface area contributed by atoms with Crippen LogP contribution >= 0.6 is 0 Å². The van der Waals surface area contributed by atoms with Crippen molar-refractivity contribution in [2.45, 2.75) is 38.6 Å². The predicted octanol–water partition coefficient (Wildman–Crippen LogP) is 3.69. The van der Waals surface area contributed by atoms with E-state index < -0.39 is 0 Å². The highest BCUT2D eigenvalue weighted by atomic mass is 16.1. The van der Waals surface area contributed by atoms with Gasteiger partial charge in [-0.3, -0.25) is 4.79 Å². The van der Waals surface area contributed by atoms with Crippen LogP contribution in [0.5, 0.6) is 0 Å². The molecule has 0 aliphatic heterocycles. The van der Waals surface area contributed by atoms with Crippen LogP contribution in [0.2, 0.25) is 0 Å². The topological polar surface area (TPSA) is 44.9 Å². The van der Waals surface area contributed by atoms with Gasteiger partial charge in [-0.25, -0.2) is 0 Å². The number of carbonyl (C=O) groups excluding carboxylic acids is 1. The summed E-state index contributed by atoms with van der Waals surface area (Å²) in [7, 11) is 0. The van der Waals surface area contributed by atoms with E-state index in [0.29, 0.717) is 6.42 Å². The Morgan fingerprint density at radius 2 is 1.92 bits per heavy atom. The summed E-state index contributed by atoms with van der Waals surface area (Å²) in [5.41, 5.74) is 6.32. The molecule has 0 saturated heterocycles. The van der Waals surface area contributed by atoms with E-state index in [1.807, 2.05) is 0 Å². The third kappa shape index (κ3) is 2.94. The molecule has 3 heteroatoms. The van der Waals surface area contributed by atoms with Gasteiger partial charge in [-0.2, -0.15) is 0 Å². The third-order valence-corrected chi connectivity index (χ3v) is 4.93. The number of aromatic nitrogens is 1. The van der Waals surface area contributed by atoms with Crippen molar-refractivity contribution in [2.24, 2.45) is 0 Å². The number of para-hydroxylation sites is 1. The molecule has 1 amide bonds. The Kier molecular flexibility index (Phi) is 3.85. The van der Waals surface area contributed by atoms with Gasteiger partial charge in [0.05, 0.1) is 0 Å². The van der Waals surface area contributed by atoms with Crippen LogP contribution in [0.4, 0.5) is 0 Å². The lowest BCUT2D eigenvalue weighted by molar-refractivity contribution is -0.121. The number of aryl methyl sites for hydroxylation is 2. The summed E-state index contributed by atoms with van der Waals surface area (Å²) >= 11 is 0. The van der Waals surface area contributed by atoms with Crippen LogP contribution in [0.3, 0.4) is 0 Å². The predicted molar refractivity (Wildman–Crippen MR) is 97.1 cm³/mol. The number of amides is 1. The highest BCUT2D eigenvalue weighted by Crippen LogP contribution is 2.29. The van der Waals surface area contributed by atoms with Crippen molar-refractivity contribution in [3.63, 3.8) is 0 Å². The fraction of sp³-hybridized carbons (Fsp3) is 0.286. The van der Waals surface area contributed by atoms with Crippen LogP contribution < -0.4 is 5.32 Å². The highest BCUT2D eigenvalue weighted by Gasteiger charge is 2.26. The number of carbonyl (C=O) groups is 1. The summed E-state index contributed by atoms with van der Waals surface area (Å²) < 4.78 is 0. The minimum atomic E-state index is 0.148. The minimum Gasteiger partial charge on any atom is -0.358 e. The first kappa shape index (κ1) is 15.0. The largest absolute Gasteiger partial charge is 0.358 e. The van der Waals surface area contributed by atoms with Gasteiger partial charge in [0, 0.05) is 35.5 Å². The average Bonchev–Trinajstić information content (AvgIpc) is 3.11. The van der Waals surface area contributed by atoms with Crippen LogP contribution in [0.25, 0.3) is 10.9 Å². The Balaban J connectivity index is 1.34. The normalized spacial score (nSPS) is 16.3. The number of hydrogen-bond acceptors (Lipinski definition) is 1. The van der Waals surface area contributed by atoms with E-state index in [2.05, 4.69) is 65.8 Å². The molecule has 1 unspecified atom stereocenters. The summed E-state index contributed by atoms with van der Waals surface area (Å²) in [5.74, 6) is 0.148.